The maximum Gasteiger partial charge on any atom is 0.306 e. The average molecular weight is 367 g/mol. The number of benzene rings is 1. The molecule has 5 N–H and O–H groups in total. The first kappa shape index (κ1) is 16.5. The second kappa shape index (κ2) is 6.38. The van der Waals surface area contributed by atoms with E-state index in [4.69, 9.17) is 11.1 Å². The van der Waals surface area contributed by atoms with E-state index < -0.39 is 5.97 Å². The van der Waals surface area contributed by atoms with Gasteiger partial charge < -0.3 is 21.6 Å². The largest absolute Gasteiger partial charge is 0.481 e. The van der Waals surface area contributed by atoms with Crippen LogP contribution in [0.25, 0.3) is 10.2 Å². The molecule has 1 aliphatic carbocycles. The van der Waals surface area contributed by atoms with Gasteiger partial charge in [-0.1, -0.05) is 0 Å². The lowest BCUT2D eigenvalue weighted by atomic mass is 9.88. The minimum Gasteiger partial charge on any atom is -0.481 e. The van der Waals surface area contributed by atoms with Crippen LogP contribution in [0.1, 0.15) is 22.4 Å². The van der Waals surface area contributed by atoms with Gasteiger partial charge in [0.15, 0.2) is 0 Å². The van der Waals surface area contributed by atoms with Gasteiger partial charge >= 0.3 is 5.97 Å². The van der Waals surface area contributed by atoms with Crippen LogP contribution in [0.3, 0.4) is 0 Å². The van der Waals surface area contributed by atoms with Crippen molar-refractivity contribution in [3.63, 3.8) is 0 Å². The van der Waals surface area contributed by atoms with Crippen molar-refractivity contribution in [1.82, 2.24) is 9.97 Å². The molecule has 0 saturated heterocycles. The number of anilines is 3. The molecule has 0 aliphatic heterocycles. The Balaban J connectivity index is 1.75. The minimum atomic E-state index is -0.737. The van der Waals surface area contributed by atoms with Crippen LogP contribution >= 0.6 is 11.3 Å². The summed E-state index contributed by atoms with van der Waals surface area (Å²) < 4.78 is 0. The second-order valence-corrected chi connectivity index (χ2v) is 7.38. The van der Waals surface area contributed by atoms with Crippen LogP contribution in [0, 0.1) is 11.3 Å². The van der Waals surface area contributed by atoms with E-state index >= 15 is 0 Å². The van der Waals surface area contributed by atoms with Gasteiger partial charge in [-0.05, 0) is 43.0 Å². The highest BCUT2D eigenvalue weighted by Gasteiger charge is 2.28. The third kappa shape index (κ3) is 2.78. The molecule has 132 valence electrons. The smallest absolute Gasteiger partial charge is 0.306 e. The predicted octanol–water partition coefficient (Wildman–Crippen LogP) is 3.20. The van der Waals surface area contributed by atoms with Gasteiger partial charge in [-0.2, -0.15) is 0 Å². The average Bonchev–Trinajstić information content (AvgIpc) is 3.01. The number of carbonyl (C=O) groups is 1. The third-order valence-corrected chi connectivity index (χ3v) is 5.86. The lowest BCUT2D eigenvalue weighted by Gasteiger charge is -2.18. The van der Waals surface area contributed by atoms with Crippen molar-refractivity contribution >= 4 is 50.9 Å². The molecule has 0 amide bonds. The summed E-state index contributed by atoms with van der Waals surface area (Å²) in [5, 5.41) is 21.0. The minimum absolute atomic E-state index is 0.327. The number of aryl methyl sites for hydroxylation is 1. The molecule has 0 bridgehead atoms. The Morgan fingerprint density at radius 3 is 3.04 bits per heavy atom. The van der Waals surface area contributed by atoms with Crippen LogP contribution < -0.4 is 11.1 Å². The molecule has 7 nitrogen and oxygen atoms in total. The van der Waals surface area contributed by atoms with Crippen molar-refractivity contribution in [3.05, 3.63) is 40.5 Å². The number of thiophene rings is 1. The van der Waals surface area contributed by atoms with Gasteiger partial charge in [0, 0.05) is 28.0 Å². The Labute approximate surface area is 153 Å². The standard InChI is InChI=1S/C18H17N5O2S/c19-7-10-5-11(2-4-13(10)20)23-16-15-12-3-1-9(18(24)25)6-14(12)26-17(15)22-8-21-16/h2,4-5,7-9,19H,1,3,6,20H2,(H,24,25)(H,21,22,23). The van der Waals surface area contributed by atoms with E-state index in [0.29, 0.717) is 36.3 Å². The van der Waals surface area contributed by atoms with Gasteiger partial charge in [0.1, 0.15) is 17.0 Å². The van der Waals surface area contributed by atoms with Crippen LogP contribution in [0.15, 0.2) is 24.5 Å². The van der Waals surface area contributed by atoms with Gasteiger partial charge in [0.05, 0.1) is 11.3 Å². The molecule has 2 heterocycles. The number of aromatic nitrogens is 2. The Morgan fingerprint density at radius 1 is 1.42 bits per heavy atom. The maximum atomic E-state index is 11.3. The second-order valence-electron chi connectivity index (χ2n) is 6.30. The zero-order valence-corrected chi connectivity index (χ0v) is 14.6. The van der Waals surface area contributed by atoms with E-state index in [1.807, 2.05) is 6.07 Å². The number of nitrogen functional groups attached to an aromatic ring is 1. The Bertz CT molecular complexity index is 1030. The summed E-state index contributed by atoms with van der Waals surface area (Å²) in [6.07, 6.45) is 4.61. The van der Waals surface area contributed by atoms with Crippen LogP contribution in [0.5, 0.6) is 0 Å². The van der Waals surface area contributed by atoms with E-state index in [0.717, 1.165) is 26.3 Å². The molecule has 1 atom stereocenters. The first-order valence-electron chi connectivity index (χ1n) is 8.22. The van der Waals surface area contributed by atoms with Gasteiger partial charge in [-0.3, -0.25) is 4.79 Å². The van der Waals surface area contributed by atoms with Crippen LogP contribution in [-0.4, -0.2) is 27.3 Å². The van der Waals surface area contributed by atoms with Crippen molar-refractivity contribution in [2.24, 2.45) is 5.92 Å². The Hall–Kier alpha value is -3.00. The highest BCUT2D eigenvalue weighted by atomic mass is 32.1. The number of hydrogen-bond donors (Lipinski definition) is 4. The molecule has 8 heteroatoms. The molecule has 2 aromatic heterocycles. The number of hydrogen-bond acceptors (Lipinski definition) is 7. The first-order valence-corrected chi connectivity index (χ1v) is 9.03. The quantitative estimate of drug-likeness (QED) is 0.414. The van der Waals surface area contributed by atoms with Gasteiger partial charge in [-0.15, -0.1) is 11.3 Å². The van der Waals surface area contributed by atoms with Crippen LogP contribution in [0.4, 0.5) is 17.2 Å². The summed E-state index contributed by atoms with van der Waals surface area (Å²) in [6.45, 7) is 0. The monoisotopic (exact) mass is 367 g/mol. The SMILES string of the molecule is N=Cc1cc(Nc2ncnc3sc4c(c23)CCC(C(=O)O)C4)ccc1N. The van der Waals surface area contributed by atoms with Crippen LogP contribution in [-0.2, 0) is 17.6 Å². The van der Waals surface area contributed by atoms with E-state index in [-0.39, 0.29) is 5.92 Å². The summed E-state index contributed by atoms with van der Waals surface area (Å²) in [5.41, 5.74) is 8.96. The van der Waals surface area contributed by atoms with Gasteiger partial charge in [-0.25, -0.2) is 9.97 Å². The number of aliphatic carboxylic acids is 1. The van der Waals surface area contributed by atoms with E-state index in [1.54, 1.807) is 23.5 Å². The molecule has 26 heavy (non-hydrogen) atoms. The van der Waals surface area contributed by atoms with Gasteiger partial charge in [0.2, 0.25) is 0 Å². The zero-order valence-electron chi connectivity index (χ0n) is 13.8. The number of nitrogens with zero attached hydrogens (tertiary/aromatic N) is 2. The molecule has 1 aliphatic rings. The highest BCUT2D eigenvalue weighted by Crippen LogP contribution is 2.40. The van der Waals surface area contributed by atoms with E-state index in [1.165, 1.54) is 12.5 Å². The first-order chi connectivity index (χ1) is 12.6. The maximum absolute atomic E-state index is 11.3. The summed E-state index contributed by atoms with van der Waals surface area (Å²) in [5.74, 6) is -0.368. The number of rotatable bonds is 4. The molecular formula is C18H17N5O2S. The summed E-state index contributed by atoms with van der Waals surface area (Å²) in [4.78, 5) is 22.0. The topological polar surface area (TPSA) is 125 Å². The van der Waals surface area contributed by atoms with Crippen molar-refractivity contribution < 1.29 is 9.90 Å². The number of fused-ring (bicyclic) bond motifs is 3. The van der Waals surface area contributed by atoms with Crippen molar-refractivity contribution in [3.8, 4) is 0 Å². The normalized spacial score (nSPS) is 16.2. The summed E-state index contributed by atoms with van der Waals surface area (Å²) in [7, 11) is 0. The molecule has 0 radical (unpaired) electrons. The van der Waals surface area contributed by atoms with E-state index in [9.17, 15) is 9.90 Å². The molecule has 1 aromatic carbocycles. The molecule has 0 spiro atoms. The molecule has 0 fully saturated rings. The van der Waals surface area contributed by atoms with E-state index in [2.05, 4.69) is 15.3 Å². The number of carboxylic acids is 1. The van der Waals surface area contributed by atoms with Crippen molar-refractivity contribution in [1.29, 1.82) is 5.41 Å². The number of nitrogens with two attached hydrogens (primary N) is 1. The number of nitrogens with one attached hydrogen (secondary N) is 2. The van der Waals surface area contributed by atoms with Crippen molar-refractivity contribution in [2.75, 3.05) is 11.1 Å². The third-order valence-electron chi connectivity index (χ3n) is 4.70. The molecule has 3 aromatic rings. The van der Waals surface area contributed by atoms with Crippen molar-refractivity contribution in [2.45, 2.75) is 19.3 Å². The van der Waals surface area contributed by atoms with Gasteiger partial charge in [0.25, 0.3) is 0 Å². The molecule has 0 saturated carbocycles. The lowest BCUT2D eigenvalue weighted by Crippen LogP contribution is -2.21. The summed E-state index contributed by atoms with van der Waals surface area (Å²) in [6, 6.07) is 5.40. The highest BCUT2D eigenvalue weighted by molar-refractivity contribution is 7.19. The predicted molar refractivity (Wildman–Crippen MR) is 103 cm³/mol. The lowest BCUT2D eigenvalue weighted by molar-refractivity contribution is -0.142. The fourth-order valence-electron chi connectivity index (χ4n) is 3.33. The Morgan fingerprint density at radius 2 is 2.27 bits per heavy atom. The summed E-state index contributed by atoms with van der Waals surface area (Å²) >= 11 is 1.55. The molecule has 4 rings (SSSR count). The fourth-order valence-corrected chi connectivity index (χ4v) is 4.60. The molecule has 1 unspecified atom stereocenters. The Kier molecular flexibility index (Phi) is 4.04. The fraction of sp³-hybridized carbons (Fsp3) is 0.222. The van der Waals surface area contributed by atoms with Crippen LogP contribution in [0.2, 0.25) is 0 Å². The number of carboxylic acid groups (broad SMARTS) is 1. The zero-order chi connectivity index (χ0) is 18.3. The molecular weight excluding hydrogens is 350 g/mol.